The molecule has 4 heteroatoms. The Morgan fingerprint density at radius 3 is 2.80 bits per heavy atom. The number of carbonyl (C=O) groups is 2. The maximum Gasteiger partial charge on any atom is 0.323 e. The Kier molecular flexibility index (Phi) is 3.17. The van der Waals surface area contributed by atoms with Crippen LogP contribution in [0.4, 0.5) is 0 Å². The summed E-state index contributed by atoms with van der Waals surface area (Å²) in [5, 5.41) is 0. The van der Waals surface area contributed by atoms with E-state index in [1.807, 2.05) is 0 Å². The Hall–Kier alpha value is -1.32. The van der Waals surface area contributed by atoms with Crippen molar-refractivity contribution >= 4 is 11.9 Å². The summed E-state index contributed by atoms with van der Waals surface area (Å²) in [6.45, 7) is 9.28. The topological polar surface area (TPSA) is 52.6 Å². The first-order chi connectivity index (χ1) is 6.94. The molecule has 4 nitrogen and oxygen atoms in total. The van der Waals surface area contributed by atoms with Crippen LogP contribution < -0.4 is 0 Å². The molecule has 1 aliphatic rings. The summed E-state index contributed by atoms with van der Waals surface area (Å²) in [4.78, 5) is 23.3. The van der Waals surface area contributed by atoms with E-state index in [-0.39, 0.29) is 19.1 Å². The number of ether oxygens (including phenoxy) is 2. The highest BCUT2D eigenvalue weighted by Crippen LogP contribution is 2.40. The summed E-state index contributed by atoms with van der Waals surface area (Å²) >= 11 is 0. The lowest BCUT2D eigenvalue weighted by molar-refractivity contribution is -0.164. The van der Waals surface area contributed by atoms with Gasteiger partial charge in [0.05, 0.1) is 13.2 Å². The first-order valence-corrected chi connectivity index (χ1v) is 4.94. The second-order valence-corrected chi connectivity index (χ2v) is 3.92. The molecule has 0 amide bonds. The van der Waals surface area contributed by atoms with E-state index < -0.39 is 17.4 Å². The minimum absolute atomic E-state index is 0.212. The maximum absolute atomic E-state index is 11.7. The SMILES string of the molecule is C=C(C)C1COC(=O)C1(C)C(=O)OCC. The van der Waals surface area contributed by atoms with E-state index >= 15 is 0 Å². The third-order valence-corrected chi connectivity index (χ3v) is 2.80. The van der Waals surface area contributed by atoms with Crippen molar-refractivity contribution in [2.75, 3.05) is 13.2 Å². The van der Waals surface area contributed by atoms with Gasteiger partial charge in [-0.05, 0) is 20.8 Å². The molecule has 0 saturated carbocycles. The molecule has 0 aliphatic carbocycles. The van der Waals surface area contributed by atoms with Gasteiger partial charge >= 0.3 is 11.9 Å². The Balaban J connectivity index is 3.00. The second kappa shape index (κ2) is 4.04. The van der Waals surface area contributed by atoms with E-state index in [2.05, 4.69) is 6.58 Å². The summed E-state index contributed by atoms with van der Waals surface area (Å²) in [7, 11) is 0. The normalized spacial score (nSPS) is 29.8. The van der Waals surface area contributed by atoms with Gasteiger partial charge in [0, 0.05) is 5.92 Å². The van der Waals surface area contributed by atoms with Gasteiger partial charge < -0.3 is 9.47 Å². The molecule has 1 fully saturated rings. The van der Waals surface area contributed by atoms with Gasteiger partial charge in [-0.15, -0.1) is 0 Å². The van der Waals surface area contributed by atoms with Gasteiger partial charge in [0.25, 0.3) is 0 Å². The fraction of sp³-hybridized carbons (Fsp3) is 0.636. The highest BCUT2D eigenvalue weighted by atomic mass is 16.6. The van der Waals surface area contributed by atoms with Crippen molar-refractivity contribution in [2.24, 2.45) is 11.3 Å². The average molecular weight is 212 g/mol. The van der Waals surface area contributed by atoms with Crippen LogP contribution in [0.15, 0.2) is 12.2 Å². The van der Waals surface area contributed by atoms with Crippen LogP contribution in [-0.4, -0.2) is 25.2 Å². The number of hydrogen-bond donors (Lipinski definition) is 0. The van der Waals surface area contributed by atoms with Crippen LogP contribution in [0.5, 0.6) is 0 Å². The van der Waals surface area contributed by atoms with E-state index in [9.17, 15) is 9.59 Å². The lowest BCUT2D eigenvalue weighted by atomic mass is 9.76. The molecule has 2 unspecified atom stereocenters. The summed E-state index contributed by atoms with van der Waals surface area (Å²) in [5.41, 5.74) is -0.460. The molecule has 2 atom stereocenters. The first kappa shape index (κ1) is 11.8. The highest BCUT2D eigenvalue weighted by molar-refractivity contribution is 6.01. The number of hydrogen-bond acceptors (Lipinski definition) is 4. The zero-order chi connectivity index (χ0) is 11.6. The summed E-state index contributed by atoms with van der Waals surface area (Å²) in [6, 6.07) is 0. The third kappa shape index (κ3) is 1.76. The highest BCUT2D eigenvalue weighted by Gasteiger charge is 2.55. The Labute approximate surface area is 89.2 Å². The molecule has 15 heavy (non-hydrogen) atoms. The minimum Gasteiger partial charge on any atom is -0.465 e. The molecule has 0 aromatic heterocycles. The van der Waals surface area contributed by atoms with E-state index in [0.29, 0.717) is 0 Å². The van der Waals surface area contributed by atoms with Gasteiger partial charge in [0.1, 0.15) is 0 Å². The van der Waals surface area contributed by atoms with Crippen molar-refractivity contribution < 1.29 is 19.1 Å². The number of rotatable bonds is 3. The van der Waals surface area contributed by atoms with Gasteiger partial charge in [-0.25, -0.2) is 0 Å². The largest absolute Gasteiger partial charge is 0.465 e. The molecular formula is C11H16O4. The molecule has 0 bridgehead atoms. The maximum atomic E-state index is 11.7. The van der Waals surface area contributed by atoms with Crippen molar-refractivity contribution in [3.8, 4) is 0 Å². The van der Waals surface area contributed by atoms with Gasteiger partial charge in [-0.3, -0.25) is 9.59 Å². The van der Waals surface area contributed by atoms with Crippen LogP contribution in [0.1, 0.15) is 20.8 Å². The lowest BCUT2D eigenvalue weighted by Crippen LogP contribution is -2.40. The fourth-order valence-electron chi connectivity index (χ4n) is 1.76. The van der Waals surface area contributed by atoms with E-state index in [4.69, 9.17) is 9.47 Å². The van der Waals surface area contributed by atoms with Crippen LogP contribution in [0, 0.1) is 11.3 Å². The smallest absolute Gasteiger partial charge is 0.323 e. The molecule has 0 aromatic carbocycles. The fourth-order valence-corrected chi connectivity index (χ4v) is 1.76. The van der Waals surface area contributed by atoms with Crippen LogP contribution >= 0.6 is 0 Å². The lowest BCUT2D eigenvalue weighted by Gasteiger charge is -2.24. The Morgan fingerprint density at radius 1 is 1.73 bits per heavy atom. The van der Waals surface area contributed by atoms with Gasteiger partial charge in [-0.2, -0.15) is 0 Å². The summed E-state index contributed by atoms with van der Waals surface area (Å²) < 4.78 is 9.81. The Bertz CT molecular complexity index is 308. The van der Waals surface area contributed by atoms with Crippen molar-refractivity contribution in [1.82, 2.24) is 0 Å². The summed E-state index contributed by atoms with van der Waals surface area (Å²) in [5.74, 6) is -1.33. The van der Waals surface area contributed by atoms with Gasteiger partial charge in [0.2, 0.25) is 0 Å². The quantitative estimate of drug-likeness (QED) is 0.402. The zero-order valence-electron chi connectivity index (χ0n) is 9.33. The number of carbonyl (C=O) groups excluding carboxylic acids is 2. The predicted molar refractivity (Wildman–Crippen MR) is 54.0 cm³/mol. The number of esters is 2. The molecule has 0 spiro atoms. The van der Waals surface area contributed by atoms with Crippen molar-refractivity contribution in [2.45, 2.75) is 20.8 Å². The molecule has 1 heterocycles. The third-order valence-electron chi connectivity index (χ3n) is 2.80. The summed E-state index contributed by atoms with van der Waals surface area (Å²) in [6.07, 6.45) is 0. The molecule has 1 saturated heterocycles. The monoisotopic (exact) mass is 212 g/mol. The zero-order valence-corrected chi connectivity index (χ0v) is 9.33. The standard InChI is InChI=1S/C11H16O4/c1-5-14-9(12)11(4)8(7(2)3)6-15-10(11)13/h8H,2,5-6H2,1,3-4H3. The van der Waals surface area contributed by atoms with Crippen LogP contribution in [0.25, 0.3) is 0 Å². The Morgan fingerprint density at radius 2 is 2.33 bits per heavy atom. The molecule has 1 aliphatic heterocycles. The second-order valence-electron chi connectivity index (χ2n) is 3.92. The van der Waals surface area contributed by atoms with E-state index in [0.717, 1.165) is 5.57 Å². The molecule has 0 aromatic rings. The molecule has 1 rings (SSSR count). The molecular weight excluding hydrogens is 196 g/mol. The van der Waals surface area contributed by atoms with Crippen LogP contribution in [0.3, 0.4) is 0 Å². The van der Waals surface area contributed by atoms with E-state index in [1.165, 1.54) is 0 Å². The van der Waals surface area contributed by atoms with Gasteiger partial charge in [-0.1, -0.05) is 12.2 Å². The van der Waals surface area contributed by atoms with Crippen LogP contribution in [-0.2, 0) is 19.1 Å². The van der Waals surface area contributed by atoms with Crippen LogP contribution in [0.2, 0.25) is 0 Å². The first-order valence-electron chi connectivity index (χ1n) is 4.94. The molecule has 84 valence electrons. The minimum atomic E-state index is -1.22. The van der Waals surface area contributed by atoms with Crippen molar-refractivity contribution in [3.63, 3.8) is 0 Å². The number of cyclic esters (lactones) is 1. The average Bonchev–Trinajstić information content (AvgIpc) is 2.45. The molecule has 0 radical (unpaired) electrons. The predicted octanol–water partition coefficient (Wildman–Crippen LogP) is 1.30. The van der Waals surface area contributed by atoms with Gasteiger partial charge in [0.15, 0.2) is 5.41 Å². The van der Waals surface area contributed by atoms with Crippen molar-refractivity contribution in [3.05, 3.63) is 12.2 Å². The van der Waals surface area contributed by atoms with Crippen molar-refractivity contribution in [1.29, 1.82) is 0 Å². The van der Waals surface area contributed by atoms with E-state index in [1.54, 1.807) is 20.8 Å². The molecule has 0 N–H and O–H groups in total.